The van der Waals surface area contributed by atoms with Crippen molar-refractivity contribution in [3.63, 3.8) is 0 Å². The molecule has 26 heavy (non-hydrogen) atoms. The van der Waals surface area contributed by atoms with Crippen LogP contribution in [0.1, 0.15) is 47.3 Å². The highest BCUT2D eigenvalue weighted by molar-refractivity contribution is 7.15. The van der Waals surface area contributed by atoms with E-state index >= 15 is 0 Å². The minimum atomic E-state index is -5.03. The number of halogens is 6. The lowest BCUT2D eigenvalue weighted by atomic mass is 9.98. The van der Waals surface area contributed by atoms with Gasteiger partial charge in [0.2, 0.25) is 5.13 Å². The van der Waals surface area contributed by atoms with Crippen molar-refractivity contribution in [1.82, 2.24) is 10.2 Å². The van der Waals surface area contributed by atoms with Crippen LogP contribution in [-0.2, 0) is 17.8 Å². The van der Waals surface area contributed by atoms with Crippen LogP contribution in [0.15, 0.2) is 18.2 Å². The van der Waals surface area contributed by atoms with E-state index in [-0.39, 0.29) is 16.6 Å². The van der Waals surface area contributed by atoms with Crippen LogP contribution in [0.2, 0.25) is 0 Å². The number of alkyl halides is 6. The summed E-state index contributed by atoms with van der Waals surface area (Å²) in [5.74, 6) is -1.14. The molecule has 142 valence electrons. The van der Waals surface area contributed by atoms with E-state index in [1.165, 1.54) is 0 Å². The summed E-state index contributed by atoms with van der Waals surface area (Å²) in [6, 6.07) is 0.673. The molecule has 4 nitrogen and oxygen atoms in total. The third-order valence-electron chi connectivity index (χ3n) is 3.14. The number of carbonyl (C=O) groups excluding carboxylic acids is 1. The average Bonchev–Trinajstić information content (AvgIpc) is 2.93. The van der Waals surface area contributed by atoms with E-state index in [1.54, 1.807) is 0 Å². The Balaban J connectivity index is 2.37. The second-order valence-corrected chi connectivity index (χ2v) is 7.39. The Labute approximate surface area is 148 Å². The predicted octanol–water partition coefficient (Wildman–Crippen LogP) is 5.13. The van der Waals surface area contributed by atoms with Gasteiger partial charge in [0.25, 0.3) is 5.91 Å². The van der Waals surface area contributed by atoms with Crippen molar-refractivity contribution >= 4 is 22.4 Å². The number of aromatic nitrogens is 2. The summed E-state index contributed by atoms with van der Waals surface area (Å²) >= 11 is 0.984. The molecule has 0 radical (unpaired) electrons. The van der Waals surface area contributed by atoms with Crippen LogP contribution in [0.3, 0.4) is 0 Å². The Kier molecular flexibility index (Phi) is 5.06. The Morgan fingerprint density at radius 1 is 0.923 bits per heavy atom. The number of rotatable bonds is 2. The Bertz CT molecular complexity index is 788. The second kappa shape index (κ2) is 6.53. The fourth-order valence-corrected chi connectivity index (χ4v) is 2.63. The number of anilines is 1. The van der Waals surface area contributed by atoms with Gasteiger partial charge in [0.15, 0.2) is 0 Å². The van der Waals surface area contributed by atoms with Crippen molar-refractivity contribution in [2.75, 3.05) is 5.32 Å². The smallest absolute Gasteiger partial charge is 0.296 e. The number of hydrogen-bond acceptors (Lipinski definition) is 4. The minimum Gasteiger partial charge on any atom is -0.296 e. The highest BCUT2D eigenvalue weighted by Crippen LogP contribution is 2.36. The number of hydrogen-bond donors (Lipinski definition) is 1. The molecule has 0 fully saturated rings. The summed E-state index contributed by atoms with van der Waals surface area (Å²) in [7, 11) is 0. The lowest BCUT2D eigenvalue weighted by Crippen LogP contribution is -2.17. The molecule has 1 aromatic carbocycles. The van der Waals surface area contributed by atoms with Crippen LogP contribution in [0.25, 0.3) is 0 Å². The van der Waals surface area contributed by atoms with Gasteiger partial charge in [0.1, 0.15) is 5.01 Å². The van der Waals surface area contributed by atoms with Crippen molar-refractivity contribution in [3.05, 3.63) is 39.9 Å². The normalized spacial score (nSPS) is 13.0. The van der Waals surface area contributed by atoms with Gasteiger partial charge < -0.3 is 0 Å². The molecule has 0 saturated heterocycles. The molecule has 2 aromatic rings. The molecular formula is C15H13F6N3OS. The molecule has 1 N–H and O–H groups in total. The maximum absolute atomic E-state index is 12.8. The first-order valence-electron chi connectivity index (χ1n) is 7.13. The molecule has 1 heterocycles. The number of carbonyl (C=O) groups is 1. The molecule has 11 heteroatoms. The van der Waals surface area contributed by atoms with Crippen molar-refractivity contribution in [3.8, 4) is 0 Å². The van der Waals surface area contributed by atoms with Gasteiger partial charge in [-0.1, -0.05) is 32.1 Å². The van der Waals surface area contributed by atoms with Gasteiger partial charge in [0.05, 0.1) is 11.1 Å². The Morgan fingerprint density at radius 2 is 1.42 bits per heavy atom. The van der Waals surface area contributed by atoms with Gasteiger partial charge in [-0.25, -0.2) is 0 Å². The summed E-state index contributed by atoms with van der Waals surface area (Å²) in [5, 5.41) is 10.2. The van der Waals surface area contributed by atoms with E-state index in [0.29, 0.717) is 17.1 Å². The second-order valence-electron chi connectivity index (χ2n) is 6.41. The van der Waals surface area contributed by atoms with Crippen LogP contribution in [-0.4, -0.2) is 16.1 Å². The number of amides is 1. The summed E-state index contributed by atoms with van der Waals surface area (Å²) in [5.41, 5.74) is -4.28. The minimum absolute atomic E-state index is 0.0223. The molecule has 0 atom stereocenters. The van der Waals surface area contributed by atoms with Gasteiger partial charge >= 0.3 is 12.4 Å². The lowest BCUT2D eigenvalue weighted by Gasteiger charge is -2.14. The van der Waals surface area contributed by atoms with Gasteiger partial charge in [-0.2, -0.15) is 26.3 Å². The fraction of sp³-hybridized carbons (Fsp3) is 0.400. The van der Waals surface area contributed by atoms with Crippen LogP contribution in [0, 0.1) is 0 Å². The quantitative estimate of drug-likeness (QED) is 0.716. The molecule has 0 aliphatic rings. The standard InChI is InChI=1S/C15H13F6N3OS/c1-13(2,3)11-23-24-12(26-11)22-10(25)7-4-8(14(16,17)18)6-9(5-7)15(19,20)21/h4-6H,1-3H3,(H,22,24,25). The summed E-state index contributed by atoms with van der Waals surface area (Å²) in [4.78, 5) is 12.1. The molecule has 0 saturated carbocycles. The molecule has 0 unspecified atom stereocenters. The van der Waals surface area contributed by atoms with Gasteiger partial charge in [-0.15, -0.1) is 10.2 Å². The molecule has 2 rings (SSSR count). The van der Waals surface area contributed by atoms with Crippen LogP contribution in [0.4, 0.5) is 31.5 Å². The highest BCUT2D eigenvalue weighted by atomic mass is 32.1. The molecule has 0 aliphatic carbocycles. The number of nitrogens with one attached hydrogen (secondary N) is 1. The number of nitrogens with zero attached hydrogens (tertiary/aromatic N) is 2. The summed E-state index contributed by atoms with van der Waals surface area (Å²) < 4.78 is 77.0. The molecule has 0 bridgehead atoms. The van der Waals surface area contributed by atoms with Crippen LogP contribution in [0.5, 0.6) is 0 Å². The number of benzene rings is 1. The molecular weight excluding hydrogens is 384 g/mol. The van der Waals surface area contributed by atoms with E-state index in [1.807, 2.05) is 20.8 Å². The molecule has 1 amide bonds. The van der Waals surface area contributed by atoms with Gasteiger partial charge in [0, 0.05) is 11.0 Å². The summed E-state index contributed by atoms with van der Waals surface area (Å²) in [6.07, 6.45) is -10.1. The topological polar surface area (TPSA) is 54.9 Å². The third-order valence-corrected chi connectivity index (χ3v) is 4.40. The maximum atomic E-state index is 12.8. The molecule has 1 aromatic heterocycles. The van der Waals surface area contributed by atoms with E-state index in [2.05, 4.69) is 15.5 Å². The van der Waals surface area contributed by atoms with Gasteiger partial charge in [-0.05, 0) is 18.2 Å². The predicted molar refractivity (Wildman–Crippen MR) is 83.0 cm³/mol. The Hall–Kier alpha value is -2.17. The largest absolute Gasteiger partial charge is 0.416 e. The van der Waals surface area contributed by atoms with Crippen molar-refractivity contribution in [1.29, 1.82) is 0 Å². The maximum Gasteiger partial charge on any atom is 0.416 e. The zero-order valence-electron chi connectivity index (χ0n) is 13.7. The van der Waals surface area contributed by atoms with Crippen LogP contribution < -0.4 is 5.32 Å². The van der Waals surface area contributed by atoms with Gasteiger partial charge in [-0.3, -0.25) is 10.1 Å². The fourth-order valence-electron chi connectivity index (χ4n) is 1.83. The zero-order valence-corrected chi connectivity index (χ0v) is 14.5. The first kappa shape index (κ1) is 20.1. The summed E-state index contributed by atoms with van der Waals surface area (Å²) in [6.45, 7) is 5.50. The van der Waals surface area contributed by atoms with E-state index < -0.39 is 35.0 Å². The first-order chi connectivity index (χ1) is 11.7. The average molecular weight is 397 g/mol. The van der Waals surface area contributed by atoms with Crippen molar-refractivity contribution in [2.24, 2.45) is 0 Å². The third kappa shape index (κ3) is 4.71. The monoisotopic (exact) mass is 397 g/mol. The van der Waals surface area contributed by atoms with Crippen molar-refractivity contribution < 1.29 is 31.1 Å². The molecule has 0 spiro atoms. The molecule has 0 aliphatic heterocycles. The van der Waals surface area contributed by atoms with Crippen LogP contribution >= 0.6 is 11.3 Å². The first-order valence-corrected chi connectivity index (χ1v) is 7.94. The lowest BCUT2D eigenvalue weighted by molar-refractivity contribution is -0.143. The zero-order chi connectivity index (χ0) is 19.9. The Morgan fingerprint density at radius 3 is 1.81 bits per heavy atom. The van der Waals surface area contributed by atoms with E-state index in [9.17, 15) is 31.1 Å². The highest BCUT2D eigenvalue weighted by Gasteiger charge is 2.37. The SMILES string of the molecule is CC(C)(C)c1nnc(NC(=O)c2cc(C(F)(F)F)cc(C(F)(F)F)c2)s1. The van der Waals surface area contributed by atoms with E-state index in [0.717, 1.165) is 11.3 Å². The van der Waals surface area contributed by atoms with E-state index in [4.69, 9.17) is 0 Å². The van der Waals surface area contributed by atoms with Crippen molar-refractivity contribution in [2.45, 2.75) is 38.5 Å².